The van der Waals surface area contributed by atoms with Crippen LogP contribution in [0.2, 0.25) is 0 Å². The van der Waals surface area contributed by atoms with Crippen LogP contribution in [0.25, 0.3) is 27.3 Å². The molecular weight excluding hydrogens is 655 g/mol. The number of furan rings is 1. The van der Waals surface area contributed by atoms with E-state index in [-0.39, 0.29) is 50.2 Å². The van der Waals surface area contributed by atoms with Crippen LogP contribution in [0.5, 0.6) is 0 Å². The SMILES string of the molecule is CC1=CC2=C([C]1=[Zr]=[Si])S(=C1C(c3ccc(C)o3)=Cc3c1sc1cccc(C)c31)c1cccc(C)c12.Cl.Cl.[CH3-].[CH3-]. The van der Waals surface area contributed by atoms with E-state index in [1.165, 1.54) is 63.7 Å². The summed E-state index contributed by atoms with van der Waals surface area (Å²) < 4.78 is 9.26. The molecule has 0 saturated heterocycles. The molecule has 1 unspecified atom stereocenters. The van der Waals surface area contributed by atoms with E-state index in [9.17, 15) is 0 Å². The zero-order valence-corrected chi connectivity index (χ0v) is 29.5. The zero-order chi connectivity index (χ0) is 24.0. The molecule has 2 aromatic carbocycles. The summed E-state index contributed by atoms with van der Waals surface area (Å²) in [6, 6.07) is 17.8. The van der Waals surface area contributed by atoms with Crippen molar-refractivity contribution in [2.75, 3.05) is 0 Å². The van der Waals surface area contributed by atoms with Gasteiger partial charge in [0.25, 0.3) is 0 Å². The normalized spacial score (nSPS) is 17.2. The number of fused-ring (bicyclic) bond motifs is 5. The van der Waals surface area contributed by atoms with Gasteiger partial charge in [-0.25, -0.2) is 0 Å². The van der Waals surface area contributed by atoms with Crippen LogP contribution in [-0.4, -0.2) is 14.9 Å². The minimum Gasteiger partial charge on any atom is -0.358 e. The first-order valence-corrected chi connectivity index (χ1v) is 19.2. The molecule has 2 aliphatic carbocycles. The van der Waals surface area contributed by atoms with E-state index in [2.05, 4.69) is 88.3 Å². The Morgan fingerprint density at radius 1 is 0.872 bits per heavy atom. The van der Waals surface area contributed by atoms with Gasteiger partial charge in [0.05, 0.1) is 0 Å². The van der Waals surface area contributed by atoms with Crippen molar-refractivity contribution < 1.29 is 25.8 Å². The van der Waals surface area contributed by atoms with E-state index in [0.717, 1.165) is 11.5 Å². The average Bonchev–Trinajstić information content (AvgIpc) is 3.60. The van der Waals surface area contributed by atoms with Gasteiger partial charge >= 0.3 is 226 Å². The summed E-state index contributed by atoms with van der Waals surface area (Å²) in [6.07, 6.45) is 4.87. The number of hydrogen-bond donors (Lipinski definition) is 0. The van der Waals surface area contributed by atoms with Crippen LogP contribution in [0.15, 0.2) is 74.4 Å². The van der Waals surface area contributed by atoms with Crippen LogP contribution in [0.4, 0.5) is 0 Å². The molecule has 39 heavy (non-hydrogen) atoms. The Kier molecular flexibility index (Phi) is 9.80. The number of aryl methyl sites for hydroxylation is 3. The molecule has 0 amide bonds. The van der Waals surface area contributed by atoms with E-state index in [1.807, 2.05) is 18.3 Å². The summed E-state index contributed by atoms with van der Waals surface area (Å²) in [4.78, 5) is 5.92. The standard InChI is InChI=1S/C30H22OS2.2CH3.2ClH.Si.Zr/c1-16-13-21-26(14-16)33(25-10-6-8-18(3)28(21)25)30-20(23-12-11-19(4)31-23)15-22-27-17(2)7-5-9-24(27)32-29(22)30;;;;;;/h5-13,15H,1-4H3;2*1H3;2*1H;;/q;2*-1;;;;. The molecule has 0 fully saturated rings. The first kappa shape index (κ1) is 32.2. The second-order valence-electron chi connectivity index (χ2n) is 9.41. The second kappa shape index (κ2) is 11.9. The van der Waals surface area contributed by atoms with E-state index < -0.39 is 21.4 Å². The third-order valence-corrected chi connectivity index (χ3v) is 15.1. The first-order chi connectivity index (χ1) is 17.0. The minimum atomic E-state index is -0.835. The molecule has 0 N–H and O–H groups in total. The molecule has 4 aromatic rings. The largest absolute Gasteiger partial charge is 0.358 e. The minimum absolute atomic E-state index is 0. The van der Waals surface area contributed by atoms with Crippen molar-refractivity contribution in [1.82, 2.24) is 0 Å². The van der Waals surface area contributed by atoms with Gasteiger partial charge in [-0.3, -0.25) is 0 Å². The smallest absolute Gasteiger partial charge is 0.147 e. The predicted molar refractivity (Wildman–Crippen MR) is 178 cm³/mol. The number of halogens is 2. The van der Waals surface area contributed by atoms with E-state index in [4.69, 9.17) is 4.42 Å². The third kappa shape index (κ3) is 4.62. The Morgan fingerprint density at radius 2 is 1.59 bits per heavy atom. The zero-order valence-electron chi connectivity index (χ0n) is 22.8. The van der Waals surface area contributed by atoms with E-state index in [0.29, 0.717) is 0 Å². The van der Waals surface area contributed by atoms with Crippen LogP contribution in [0.1, 0.15) is 45.6 Å². The van der Waals surface area contributed by atoms with Crippen LogP contribution in [0, 0.1) is 35.6 Å². The van der Waals surface area contributed by atoms with Crippen LogP contribution >= 0.6 is 46.6 Å². The van der Waals surface area contributed by atoms with Gasteiger partial charge in [-0.15, -0.1) is 24.8 Å². The van der Waals surface area contributed by atoms with Gasteiger partial charge in [0.2, 0.25) is 0 Å². The Bertz CT molecular complexity index is 1840. The number of allylic oxidation sites excluding steroid dienone is 5. The van der Waals surface area contributed by atoms with Crippen molar-refractivity contribution in [3.05, 3.63) is 119 Å². The topological polar surface area (TPSA) is 13.1 Å². The molecule has 3 aliphatic rings. The monoisotopic (exact) mass is 682 g/mol. The van der Waals surface area contributed by atoms with Crippen molar-refractivity contribution >= 4 is 88.9 Å². The molecule has 0 saturated carbocycles. The first-order valence-electron chi connectivity index (χ1n) is 11.7. The number of benzene rings is 2. The van der Waals surface area contributed by atoms with Gasteiger partial charge in [-0.2, -0.15) is 0 Å². The van der Waals surface area contributed by atoms with Crippen LogP contribution in [0.3, 0.4) is 0 Å². The summed E-state index contributed by atoms with van der Waals surface area (Å²) in [6.45, 7) is 12.9. The van der Waals surface area contributed by atoms with Crippen LogP contribution < -0.4 is 0 Å². The van der Waals surface area contributed by atoms with E-state index >= 15 is 0 Å². The van der Waals surface area contributed by atoms with Gasteiger partial charge < -0.3 is 14.9 Å². The fourth-order valence-electron chi connectivity index (χ4n) is 5.65. The maximum absolute atomic E-state index is 6.28. The second-order valence-corrected chi connectivity index (χ2v) is 15.7. The molecule has 0 bridgehead atoms. The van der Waals surface area contributed by atoms with Crippen molar-refractivity contribution in [2.45, 2.75) is 32.6 Å². The van der Waals surface area contributed by atoms with Gasteiger partial charge in [0.15, 0.2) is 0 Å². The summed E-state index contributed by atoms with van der Waals surface area (Å²) in [5.74, 6) is 1.95. The van der Waals surface area contributed by atoms with Crippen molar-refractivity contribution in [2.24, 2.45) is 0 Å². The van der Waals surface area contributed by atoms with Gasteiger partial charge in [-0.1, -0.05) is 0 Å². The summed E-state index contributed by atoms with van der Waals surface area (Å²) in [5.41, 5.74) is 9.72. The number of rotatable bonds is 1. The van der Waals surface area contributed by atoms with Gasteiger partial charge in [0, 0.05) is 0 Å². The quantitative estimate of drug-likeness (QED) is 0.111. The Labute approximate surface area is 263 Å². The molecule has 2 radical (unpaired) electrons. The molecule has 200 valence electrons. The van der Waals surface area contributed by atoms with Crippen molar-refractivity contribution in [3.8, 4) is 0 Å². The molecule has 3 heterocycles. The van der Waals surface area contributed by atoms with Gasteiger partial charge in [0.1, 0.15) is 0 Å². The summed E-state index contributed by atoms with van der Waals surface area (Å²) >= 11 is 1.12. The fraction of sp³-hybridized carbons (Fsp3) is 0.125. The molecule has 1 nitrogen and oxygen atoms in total. The Morgan fingerprint density at radius 3 is 2.28 bits per heavy atom. The molecule has 0 spiro atoms. The molecule has 2 aromatic heterocycles. The summed E-state index contributed by atoms with van der Waals surface area (Å²) in [5, 5.41) is 1.39. The predicted octanol–water partition coefficient (Wildman–Crippen LogP) is 9.59. The molecule has 1 atom stereocenters. The maximum Gasteiger partial charge on any atom is -0.147 e. The van der Waals surface area contributed by atoms with E-state index in [1.54, 1.807) is 8.11 Å². The number of hydrogen-bond acceptors (Lipinski definition) is 2. The van der Waals surface area contributed by atoms with Crippen molar-refractivity contribution in [1.29, 1.82) is 0 Å². The third-order valence-electron chi connectivity index (χ3n) is 7.19. The molecular formula is C32H30Cl2OS2SiZr-2. The fourth-order valence-corrected chi connectivity index (χ4v) is 14.8. The molecule has 7 heteroatoms. The van der Waals surface area contributed by atoms with Crippen LogP contribution in [-0.2, 0) is 21.4 Å². The average molecular weight is 685 g/mol. The molecule has 7 rings (SSSR count). The molecule has 1 aliphatic heterocycles. The Hall–Kier alpha value is -1.33. The Balaban J connectivity index is 0.00000105. The maximum atomic E-state index is 6.28. The van der Waals surface area contributed by atoms with Crippen molar-refractivity contribution in [3.63, 3.8) is 0 Å². The van der Waals surface area contributed by atoms with Gasteiger partial charge in [-0.05, 0) is 0 Å². The number of thiophene rings is 1. The summed E-state index contributed by atoms with van der Waals surface area (Å²) in [7, 11) is -0.159.